The quantitative estimate of drug-likeness (QED) is 0.127. The number of fused-ring (bicyclic) bond motifs is 8. The highest BCUT2D eigenvalue weighted by molar-refractivity contribution is 7.00. The lowest BCUT2D eigenvalue weighted by molar-refractivity contribution is 0.568. The summed E-state index contributed by atoms with van der Waals surface area (Å²) in [4.78, 5) is 22.8. The second kappa shape index (κ2) is 22.8. The van der Waals surface area contributed by atoms with Gasteiger partial charge in [-0.15, -0.1) is 0 Å². The minimum atomic E-state index is -0.203. The average molecular weight is 1300 g/mol. The topological polar surface area (TPSA) is 45.2 Å². The van der Waals surface area contributed by atoms with Gasteiger partial charge in [-0.05, 0) is 244 Å². The minimum Gasteiger partial charge on any atom is -0.311 e. The number of anilines is 6. The third-order valence-corrected chi connectivity index (χ3v) is 21.3. The van der Waals surface area contributed by atoms with Gasteiger partial charge in [0.2, 0.25) is 0 Å². The SMILES string of the molecule is CC(C)(C)c1cc(-c2nc(-c3cc(C(C)(C)C)cc(C(C)(C)C)c3)nc(-c3cc4c5c(c3)N(c3cc(C(C)(C)C)cc(C(C)(C)C)c3)c3cc6cc7ccccc7cc6cc3B5c3cc5cc6ccccc6cc5cc3N4c3cc(C(C)(C)C)cc(C(C)(C)C)c3)n2)cc(C(C)(C)C)c1. The molecule has 2 aliphatic heterocycles. The summed E-state index contributed by atoms with van der Waals surface area (Å²) >= 11 is 0. The Morgan fingerprint density at radius 2 is 0.465 bits per heavy atom. The zero-order valence-corrected chi connectivity index (χ0v) is 63.6. The van der Waals surface area contributed by atoms with E-state index in [1.165, 1.54) is 104 Å². The second-order valence-electron chi connectivity index (χ2n) is 37.4. The molecule has 3 heterocycles. The van der Waals surface area contributed by atoms with E-state index in [0.717, 1.165) is 50.8 Å². The highest BCUT2D eigenvalue weighted by atomic mass is 15.2. The zero-order chi connectivity index (χ0) is 71.0. The van der Waals surface area contributed by atoms with Crippen LogP contribution < -0.4 is 26.2 Å². The summed E-state index contributed by atoms with van der Waals surface area (Å²) in [5.41, 5.74) is 22.2. The van der Waals surface area contributed by atoms with E-state index < -0.39 is 0 Å². The van der Waals surface area contributed by atoms with Crippen LogP contribution in [0, 0.1) is 0 Å². The normalized spacial score (nSPS) is 14.0. The predicted octanol–water partition coefficient (Wildman–Crippen LogP) is 23.9. The molecule has 1 aromatic heterocycles. The molecule has 0 atom stereocenters. The summed E-state index contributed by atoms with van der Waals surface area (Å²) in [6, 6.07) is 71.4. The van der Waals surface area contributed by atoms with Gasteiger partial charge in [-0.2, -0.15) is 0 Å². The van der Waals surface area contributed by atoms with Crippen LogP contribution in [0.1, 0.15) is 211 Å². The van der Waals surface area contributed by atoms with Crippen molar-refractivity contribution in [1.82, 2.24) is 15.0 Å². The van der Waals surface area contributed by atoms with Gasteiger partial charge in [0.15, 0.2) is 17.5 Å². The van der Waals surface area contributed by atoms with Gasteiger partial charge in [-0.3, -0.25) is 0 Å². The zero-order valence-electron chi connectivity index (χ0n) is 63.6. The second-order valence-corrected chi connectivity index (χ2v) is 37.4. The fraction of sp³-hybridized carbons (Fsp3) is 0.344. The van der Waals surface area contributed by atoms with Crippen molar-refractivity contribution in [3.05, 3.63) is 226 Å². The van der Waals surface area contributed by atoms with E-state index in [9.17, 15) is 0 Å². The lowest BCUT2D eigenvalue weighted by Gasteiger charge is -2.45. The van der Waals surface area contributed by atoms with Gasteiger partial charge in [-0.1, -0.05) is 251 Å². The van der Waals surface area contributed by atoms with Crippen molar-refractivity contribution in [2.24, 2.45) is 0 Å². The molecule has 0 unspecified atom stereocenters. The van der Waals surface area contributed by atoms with Crippen molar-refractivity contribution >= 4 is 100 Å². The minimum absolute atomic E-state index is 0.153. The van der Waals surface area contributed by atoms with Gasteiger partial charge in [0.25, 0.3) is 6.71 Å². The first kappa shape index (κ1) is 67.3. The molecule has 11 aromatic carbocycles. The van der Waals surface area contributed by atoms with Crippen LogP contribution in [0.5, 0.6) is 0 Å². The third kappa shape index (κ3) is 12.5. The van der Waals surface area contributed by atoms with Gasteiger partial charge in [0.1, 0.15) is 0 Å². The van der Waals surface area contributed by atoms with Crippen molar-refractivity contribution in [1.29, 1.82) is 0 Å². The molecule has 0 saturated heterocycles. The molecular weight excluding hydrogens is 1200 g/mol. The molecule has 14 rings (SSSR count). The highest BCUT2D eigenvalue weighted by Crippen LogP contribution is 2.51. The van der Waals surface area contributed by atoms with E-state index in [2.05, 4.69) is 358 Å². The van der Waals surface area contributed by atoms with Gasteiger partial charge in [-0.25, -0.2) is 15.0 Å². The summed E-state index contributed by atoms with van der Waals surface area (Å²) in [7, 11) is 0. The maximum Gasteiger partial charge on any atom is 0.252 e. The molecule has 0 spiro atoms. The van der Waals surface area contributed by atoms with Gasteiger partial charge in [0, 0.05) is 50.8 Å². The molecule has 502 valence electrons. The van der Waals surface area contributed by atoms with Crippen LogP contribution >= 0.6 is 0 Å². The highest BCUT2D eigenvalue weighted by Gasteiger charge is 2.45. The van der Waals surface area contributed by atoms with E-state index in [1.54, 1.807) is 0 Å². The fourth-order valence-corrected chi connectivity index (χ4v) is 14.8. The number of hydrogen-bond donors (Lipinski definition) is 0. The van der Waals surface area contributed by atoms with E-state index in [-0.39, 0.29) is 50.0 Å². The van der Waals surface area contributed by atoms with E-state index >= 15 is 0 Å². The lowest BCUT2D eigenvalue weighted by Crippen LogP contribution is -2.61. The molecule has 0 aliphatic carbocycles. The Bertz CT molecular complexity index is 4850. The van der Waals surface area contributed by atoms with Crippen molar-refractivity contribution in [2.75, 3.05) is 9.80 Å². The molecule has 0 radical (unpaired) electrons. The van der Waals surface area contributed by atoms with Crippen LogP contribution in [0.2, 0.25) is 0 Å². The number of hydrogen-bond acceptors (Lipinski definition) is 5. The number of rotatable bonds is 5. The van der Waals surface area contributed by atoms with E-state index in [1.807, 2.05) is 0 Å². The molecule has 0 bridgehead atoms. The maximum absolute atomic E-state index is 5.90. The molecule has 6 heteroatoms. The first-order valence-electron chi connectivity index (χ1n) is 36.2. The van der Waals surface area contributed by atoms with Gasteiger partial charge >= 0.3 is 0 Å². The third-order valence-electron chi connectivity index (χ3n) is 21.3. The lowest BCUT2D eigenvalue weighted by atomic mass is 9.33. The standard InChI is InChI=1S/C93H102BN5/c1-86(2,3)66-37-63(38-67(47-66)87(4,5)6)83-95-84(64-39-68(88(7,8)9)48-69(40-64)89(10,11)12)97-85(96-83)65-45-80-82-81(46-65)99(75-53-72(92(19,20)21)50-73(54-75)93(22,23)24)79-44-62-36-58-32-28-26-30-56(58)34-60(62)42-77(79)94(82)76-41-59-33-55-29-25-27-31-57(55)35-61(59)43-78(76)98(80)74-51-70(90(13,14)15)49-71(52-74)91(16,17)18/h25-54H,1-24H3. The summed E-state index contributed by atoms with van der Waals surface area (Å²) < 4.78 is 0. The molecular formula is C93H102BN5. The number of aromatic nitrogens is 3. The largest absolute Gasteiger partial charge is 0.311 e. The molecule has 0 fully saturated rings. The van der Waals surface area contributed by atoms with Crippen LogP contribution in [0.25, 0.3) is 77.3 Å². The summed E-state index contributed by atoms with van der Waals surface area (Å²) in [6.07, 6.45) is 0. The Morgan fingerprint density at radius 1 is 0.232 bits per heavy atom. The first-order valence-corrected chi connectivity index (χ1v) is 36.2. The van der Waals surface area contributed by atoms with Gasteiger partial charge < -0.3 is 9.80 Å². The Kier molecular flexibility index (Phi) is 15.5. The van der Waals surface area contributed by atoms with Crippen molar-refractivity contribution < 1.29 is 0 Å². The maximum atomic E-state index is 5.90. The number of benzene rings is 11. The smallest absolute Gasteiger partial charge is 0.252 e. The summed E-state index contributed by atoms with van der Waals surface area (Å²) in [6.45, 7) is 55.9. The molecule has 5 nitrogen and oxygen atoms in total. The van der Waals surface area contributed by atoms with E-state index in [4.69, 9.17) is 15.0 Å². The Morgan fingerprint density at radius 3 is 0.717 bits per heavy atom. The van der Waals surface area contributed by atoms with Crippen LogP contribution in [0.15, 0.2) is 182 Å². The van der Waals surface area contributed by atoms with E-state index in [0.29, 0.717) is 17.5 Å². The fourth-order valence-electron chi connectivity index (χ4n) is 14.8. The number of nitrogens with zero attached hydrogens (tertiary/aromatic N) is 5. The van der Waals surface area contributed by atoms with Crippen LogP contribution in [-0.4, -0.2) is 21.7 Å². The van der Waals surface area contributed by atoms with Crippen molar-refractivity contribution in [2.45, 2.75) is 209 Å². The molecule has 2 aliphatic rings. The molecule has 99 heavy (non-hydrogen) atoms. The van der Waals surface area contributed by atoms with Crippen LogP contribution in [0.3, 0.4) is 0 Å². The first-order chi connectivity index (χ1) is 46.0. The Labute approximate surface area is 591 Å². The average Bonchev–Trinajstić information content (AvgIpc) is 0.688. The summed E-state index contributed by atoms with van der Waals surface area (Å²) in [5.74, 6) is 1.92. The Balaban J connectivity index is 1.19. The predicted molar refractivity (Wildman–Crippen MR) is 430 cm³/mol. The molecule has 0 N–H and O–H groups in total. The van der Waals surface area contributed by atoms with Crippen molar-refractivity contribution in [3.8, 4) is 34.2 Å². The van der Waals surface area contributed by atoms with Crippen molar-refractivity contribution in [3.63, 3.8) is 0 Å². The molecule has 0 amide bonds. The Hall–Kier alpha value is -8.87. The monoisotopic (exact) mass is 1300 g/mol. The van der Waals surface area contributed by atoms with Gasteiger partial charge in [0.05, 0.1) is 0 Å². The summed E-state index contributed by atoms with van der Waals surface area (Å²) in [5, 5.41) is 9.73. The van der Waals surface area contributed by atoms with Crippen LogP contribution in [-0.2, 0) is 43.3 Å². The molecule has 0 saturated carbocycles. The molecule has 12 aromatic rings. The van der Waals surface area contributed by atoms with Crippen LogP contribution in [0.4, 0.5) is 34.1 Å².